The molecule has 1 aromatic carbocycles. The highest BCUT2D eigenvalue weighted by atomic mass is 35.5. The number of ether oxygens (including phenoxy) is 1. The average Bonchev–Trinajstić information content (AvgIpc) is 2.47. The maximum atomic E-state index is 12.1. The number of allylic oxidation sites excluding steroid dienone is 1. The van der Waals surface area contributed by atoms with Gasteiger partial charge in [-0.15, -0.1) is 11.6 Å². The normalized spacial score (nSPS) is 25.6. The second-order valence-electron chi connectivity index (χ2n) is 4.73. The van der Waals surface area contributed by atoms with Gasteiger partial charge in [-0.3, -0.25) is 0 Å². The Balaban J connectivity index is 2.55. The van der Waals surface area contributed by atoms with Gasteiger partial charge < -0.3 is 9.84 Å². The SMILES string of the molecule is COC(=O)C(O)(c1ccccc1)C1(Cl)C=CCCC1. The number of esters is 1. The lowest BCUT2D eigenvalue weighted by molar-refractivity contribution is -0.167. The summed E-state index contributed by atoms with van der Waals surface area (Å²) in [4.78, 5) is 11.0. The van der Waals surface area contributed by atoms with Crippen molar-refractivity contribution in [1.29, 1.82) is 0 Å². The first-order valence-electron chi connectivity index (χ1n) is 6.27. The maximum Gasteiger partial charge on any atom is 0.344 e. The molecular weight excluding hydrogens is 264 g/mol. The Morgan fingerprint density at radius 2 is 2.11 bits per heavy atom. The Kier molecular flexibility index (Phi) is 3.97. The van der Waals surface area contributed by atoms with Gasteiger partial charge in [0.1, 0.15) is 4.87 Å². The van der Waals surface area contributed by atoms with E-state index in [1.54, 1.807) is 30.3 Å². The Bertz CT molecular complexity index is 485. The third-order valence-electron chi connectivity index (χ3n) is 3.57. The molecule has 0 radical (unpaired) electrons. The number of hydrogen-bond acceptors (Lipinski definition) is 3. The van der Waals surface area contributed by atoms with E-state index in [1.165, 1.54) is 7.11 Å². The van der Waals surface area contributed by atoms with E-state index in [1.807, 2.05) is 12.1 Å². The predicted molar refractivity (Wildman–Crippen MR) is 73.9 cm³/mol. The van der Waals surface area contributed by atoms with Crippen molar-refractivity contribution in [3.63, 3.8) is 0 Å². The summed E-state index contributed by atoms with van der Waals surface area (Å²) in [7, 11) is 1.25. The first-order chi connectivity index (χ1) is 9.04. The number of methoxy groups -OCH3 is 1. The Labute approximate surface area is 117 Å². The zero-order valence-electron chi connectivity index (χ0n) is 10.8. The summed E-state index contributed by atoms with van der Waals surface area (Å²) in [5, 5.41) is 11.0. The fourth-order valence-corrected chi connectivity index (χ4v) is 2.90. The Hall–Kier alpha value is -1.32. The smallest absolute Gasteiger partial charge is 0.344 e. The van der Waals surface area contributed by atoms with Crippen LogP contribution in [0, 0.1) is 0 Å². The number of aliphatic hydroxyl groups is 1. The van der Waals surface area contributed by atoms with Gasteiger partial charge in [-0.1, -0.05) is 42.5 Å². The molecule has 3 nitrogen and oxygen atoms in total. The van der Waals surface area contributed by atoms with Crippen LogP contribution in [-0.2, 0) is 15.1 Å². The largest absolute Gasteiger partial charge is 0.467 e. The second kappa shape index (κ2) is 5.35. The summed E-state index contributed by atoms with van der Waals surface area (Å²) in [6.45, 7) is 0. The van der Waals surface area contributed by atoms with Crippen molar-refractivity contribution in [2.45, 2.75) is 29.7 Å². The van der Waals surface area contributed by atoms with Crippen LogP contribution in [0.5, 0.6) is 0 Å². The molecule has 0 amide bonds. The van der Waals surface area contributed by atoms with E-state index >= 15 is 0 Å². The van der Waals surface area contributed by atoms with Crippen LogP contribution in [0.3, 0.4) is 0 Å². The van der Waals surface area contributed by atoms with Crippen LogP contribution in [-0.4, -0.2) is 23.1 Å². The van der Waals surface area contributed by atoms with Crippen LogP contribution in [0.15, 0.2) is 42.5 Å². The van der Waals surface area contributed by atoms with Gasteiger partial charge in [0.25, 0.3) is 0 Å². The number of hydrogen-bond donors (Lipinski definition) is 1. The van der Waals surface area contributed by atoms with Gasteiger partial charge in [0.2, 0.25) is 5.60 Å². The summed E-state index contributed by atoms with van der Waals surface area (Å²) in [6.07, 6.45) is 5.85. The molecule has 0 heterocycles. The first kappa shape index (κ1) is 14.1. The van der Waals surface area contributed by atoms with E-state index in [9.17, 15) is 9.90 Å². The third kappa shape index (κ3) is 2.28. The van der Waals surface area contributed by atoms with Crippen LogP contribution in [0.4, 0.5) is 0 Å². The van der Waals surface area contributed by atoms with Crippen LogP contribution in [0.1, 0.15) is 24.8 Å². The van der Waals surface area contributed by atoms with E-state index in [4.69, 9.17) is 16.3 Å². The van der Waals surface area contributed by atoms with Crippen LogP contribution in [0.2, 0.25) is 0 Å². The molecule has 0 saturated carbocycles. The lowest BCUT2D eigenvalue weighted by Crippen LogP contribution is -2.53. The van der Waals surface area contributed by atoms with E-state index < -0.39 is 16.4 Å². The maximum absolute atomic E-state index is 12.1. The number of halogens is 1. The van der Waals surface area contributed by atoms with Crippen molar-refractivity contribution in [2.24, 2.45) is 0 Å². The van der Waals surface area contributed by atoms with Crippen molar-refractivity contribution in [1.82, 2.24) is 0 Å². The zero-order valence-corrected chi connectivity index (χ0v) is 11.6. The zero-order chi connectivity index (χ0) is 13.9. The molecule has 0 saturated heterocycles. The summed E-state index contributed by atoms with van der Waals surface area (Å²) in [6, 6.07) is 8.71. The summed E-state index contributed by atoms with van der Waals surface area (Å²) in [5.74, 6) is -0.736. The summed E-state index contributed by atoms with van der Waals surface area (Å²) < 4.78 is 4.78. The lowest BCUT2D eigenvalue weighted by atomic mass is 9.75. The molecule has 0 spiro atoms. The quantitative estimate of drug-likeness (QED) is 0.526. The highest BCUT2D eigenvalue weighted by Gasteiger charge is 2.55. The number of alkyl halides is 1. The van der Waals surface area contributed by atoms with E-state index in [2.05, 4.69) is 0 Å². The van der Waals surface area contributed by atoms with Gasteiger partial charge in [0.15, 0.2) is 0 Å². The predicted octanol–water partition coefficient (Wildman–Crippen LogP) is 2.76. The molecule has 1 N–H and O–H groups in total. The van der Waals surface area contributed by atoms with Gasteiger partial charge in [0.05, 0.1) is 7.11 Å². The molecule has 0 aromatic heterocycles. The molecule has 102 valence electrons. The van der Waals surface area contributed by atoms with Gasteiger partial charge in [-0.05, 0) is 24.8 Å². The van der Waals surface area contributed by atoms with Crippen LogP contribution < -0.4 is 0 Å². The standard InChI is InChI=1S/C15H17ClO3/c1-19-13(17)15(18,12-8-4-2-5-9-12)14(16)10-6-3-7-11-14/h2,4-6,8-10,18H,3,7,11H2,1H3. The molecular formula is C15H17ClO3. The third-order valence-corrected chi connectivity index (χ3v) is 4.16. The van der Waals surface area contributed by atoms with Crippen molar-refractivity contribution in [3.05, 3.63) is 48.0 Å². The fourth-order valence-electron chi connectivity index (χ4n) is 2.49. The van der Waals surface area contributed by atoms with E-state index in [-0.39, 0.29) is 0 Å². The highest BCUT2D eigenvalue weighted by molar-refractivity contribution is 6.28. The summed E-state index contributed by atoms with van der Waals surface area (Å²) >= 11 is 6.55. The Morgan fingerprint density at radius 1 is 1.42 bits per heavy atom. The van der Waals surface area contributed by atoms with E-state index in [0.717, 1.165) is 12.8 Å². The van der Waals surface area contributed by atoms with Gasteiger partial charge in [0, 0.05) is 0 Å². The molecule has 0 fully saturated rings. The number of carbonyl (C=O) groups excluding carboxylic acids is 1. The highest BCUT2D eigenvalue weighted by Crippen LogP contribution is 2.45. The van der Waals surface area contributed by atoms with E-state index in [0.29, 0.717) is 12.0 Å². The molecule has 1 aliphatic carbocycles. The van der Waals surface area contributed by atoms with Crippen LogP contribution >= 0.6 is 11.6 Å². The molecule has 0 aliphatic heterocycles. The molecule has 1 aliphatic rings. The minimum Gasteiger partial charge on any atom is -0.467 e. The van der Waals surface area contributed by atoms with Crippen molar-refractivity contribution in [2.75, 3.05) is 7.11 Å². The number of benzene rings is 1. The molecule has 0 bridgehead atoms. The lowest BCUT2D eigenvalue weighted by Gasteiger charge is -2.40. The molecule has 2 atom stereocenters. The molecule has 2 rings (SSSR count). The number of rotatable bonds is 3. The number of carbonyl (C=O) groups is 1. The Morgan fingerprint density at radius 3 is 2.63 bits per heavy atom. The average molecular weight is 281 g/mol. The second-order valence-corrected chi connectivity index (χ2v) is 5.40. The van der Waals surface area contributed by atoms with Crippen molar-refractivity contribution >= 4 is 17.6 Å². The van der Waals surface area contributed by atoms with Gasteiger partial charge >= 0.3 is 5.97 Å². The van der Waals surface area contributed by atoms with Crippen molar-refractivity contribution < 1.29 is 14.6 Å². The molecule has 1 aromatic rings. The fraction of sp³-hybridized carbons (Fsp3) is 0.400. The topological polar surface area (TPSA) is 46.5 Å². The van der Waals surface area contributed by atoms with Gasteiger partial charge in [-0.2, -0.15) is 0 Å². The first-order valence-corrected chi connectivity index (χ1v) is 6.65. The monoisotopic (exact) mass is 280 g/mol. The minimum atomic E-state index is -1.87. The van der Waals surface area contributed by atoms with Crippen molar-refractivity contribution in [3.8, 4) is 0 Å². The molecule has 2 unspecified atom stereocenters. The molecule has 4 heteroatoms. The summed E-state index contributed by atoms with van der Waals surface area (Å²) in [5.41, 5.74) is -1.43. The van der Waals surface area contributed by atoms with Gasteiger partial charge in [-0.25, -0.2) is 4.79 Å². The van der Waals surface area contributed by atoms with Crippen LogP contribution in [0.25, 0.3) is 0 Å². The molecule has 19 heavy (non-hydrogen) atoms. The minimum absolute atomic E-state index is 0.448.